The number of aromatic nitrogens is 2. The molecule has 5 nitrogen and oxygen atoms in total. The van der Waals surface area contributed by atoms with Gasteiger partial charge in [0.15, 0.2) is 0 Å². The minimum Gasteiger partial charge on any atom is -0.351 e. The topological polar surface area (TPSA) is 59.0 Å². The molecule has 0 radical (unpaired) electrons. The molecule has 6 heteroatoms. The molecule has 1 amide bonds. The van der Waals surface area contributed by atoms with Crippen molar-refractivity contribution in [2.45, 2.75) is 57.8 Å². The van der Waals surface area contributed by atoms with Crippen LogP contribution < -0.4 is 10.6 Å². The molecule has 4 fully saturated rings. The summed E-state index contributed by atoms with van der Waals surface area (Å²) in [4.78, 5) is 17.4. The van der Waals surface area contributed by atoms with Crippen LogP contribution in [0, 0.1) is 23.2 Å². The van der Waals surface area contributed by atoms with Gasteiger partial charge in [-0.25, -0.2) is 4.98 Å². The number of imidazole rings is 1. The molecule has 1 aromatic heterocycles. The van der Waals surface area contributed by atoms with Crippen molar-refractivity contribution in [3.63, 3.8) is 0 Å². The monoisotopic (exact) mass is 468 g/mol. The quantitative estimate of drug-likeness (QED) is 0.493. The number of hydrogen-bond donors (Lipinski definition) is 2. The summed E-state index contributed by atoms with van der Waals surface area (Å²) in [7, 11) is 2.03. The highest BCUT2D eigenvalue weighted by Crippen LogP contribution is 2.59. The zero-order valence-electron chi connectivity index (χ0n) is 19.8. The highest BCUT2D eigenvalue weighted by atomic mass is 35.5. The maximum Gasteiger partial charge on any atom is 0.252 e. The second kappa shape index (κ2) is 9.79. The highest BCUT2D eigenvalue weighted by Gasteiger charge is 2.50. The second-order valence-electron chi connectivity index (χ2n) is 11.0. The second-order valence-corrected chi connectivity index (χ2v) is 11.4. The number of nitrogens with zero attached hydrogens (tertiary/aromatic N) is 2. The van der Waals surface area contributed by atoms with Crippen molar-refractivity contribution < 1.29 is 4.79 Å². The molecule has 4 saturated carbocycles. The summed E-state index contributed by atoms with van der Waals surface area (Å²) < 4.78 is 2.06. The number of nitrogens with one attached hydrogen (secondary N) is 2. The van der Waals surface area contributed by atoms with E-state index < -0.39 is 0 Å². The summed E-state index contributed by atoms with van der Waals surface area (Å²) in [6, 6.07) is 5.92. The van der Waals surface area contributed by atoms with Crippen LogP contribution in [0.5, 0.6) is 0 Å². The molecule has 0 unspecified atom stereocenters. The van der Waals surface area contributed by atoms with E-state index >= 15 is 0 Å². The number of benzene rings is 1. The minimum absolute atomic E-state index is 0.00853. The van der Waals surface area contributed by atoms with Crippen LogP contribution in [0.25, 0.3) is 0 Å². The Hall–Kier alpha value is -1.85. The third-order valence-electron chi connectivity index (χ3n) is 8.33. The smallest absolute Gasteiger partial charge is 0.252 e. The molecule has 178 valence electrons. The van der Waals surface area contributed by atoms with E-state index in [1.807, 2.05) is 37.6 Å². The Labute approximate surface area is 202 Å². The van der Waals surface area contributed by atoms with Crippen LogP contribution in [0.3, 0.4) is 0 Å². The average molecular weight is 469 g/mol. The van der Waals surface area contributed by atoms with Gasteiger partial charge in [-0.05, 0) is 98.8 Å². The predicted octanol–water partition coefficient (Wildman–Crippen LogP) is 4.78. The number of halogens is 1. The van der Waals surface area contributed by atoms with E-state index in [0.29, 0.717) is 16.0 Å². The van der Waals surface area contributed by atoms with E-state index in [-0.39, 0.29) is 5.91 Å². The van der Waals surface area contributed by atoms with Crippen LogP contribution >= 0.6 is 11.6 Å². The van der Waals surface area contributed by atoms with Crippen molar-refractivity contribution in [1.29, 1.82) is 0 Å². The summed E-state index contributed by atoms with van der Waals surface area (Å²) in [6.07, 6.45) is 14.9. The van der Waals surface area contributed by atoms with Crippen molar-refractivity contribution >= 4 is 17.5 Å². The molecule has 0 saturated heterocycles. The molecule has 1 aromatic carbocycles. The van der Waals surface area contributed by atoms with Crippen LogP contribution in [0.15, 0.2) is 30.6 Å². The molecular formula is C27H37ClN4O. The molecule has 0 aliphatic heterocycles. The zero-order chi connectivity index (χ0) is 22.8. The van der Waals surface area contributed by atoms with E-state index in [4.69, 9.17) is 11.6 Å². The fourth-order valence-corrected chi connectivity index (χ4v) is 7.35. The van der Waals surface area contributed by atoms with Gasteiger partial charge in [-0.2, -0.15) is 0 Å². The lowest BCUT2D eigenvalue weighted by atomic mass is 9.49. The van der Waals surface area contributed by atoms with Crippen LogP contribution in [-0.4, -0.2) is 35.1 Å². The Morgan fingerprint density at radius 3 is 2.52 bits per heavy atom. The van der Waals surface area contributed by atoms with Gasteiger partial charge in [-0.15, -0.1) is 0 Å². The number of rotatable bonds is 10. The molecule has 4 aliphatic rings. The van der Waals surface area contributed by atoms with E-state index in [1.165, 1.54) is 44.1 Å². The maximum absolute atomic E-state index is 13.1. The standard InChI is InChI=1S/C27H37ClN4O/c1-32-10-9-30-25(32)6-8-29-7-2-3-19-4-5-24(28)23(14-19)26(33)31-18-27-15-20-11-21(16-27)13-22(12-20)17-27/h4-5,9-10,14,20-22,29H,2-3,6-8,11-13,15-18H2,1H3,(H,31,33). The van der Waals surface area contributed by atoms with Crippen molar-refractivity contribution in [2.24, 2.45) is 30.2 Å². The van der Waals surface area contributed by atoms with Gasteiger partial charge in [0, 0.05) is 39.0 Å². The number of carbonyl (C=O) groups excluding carboxylic acids is 1. The maximum atomic E-state index is 13.1. The molecule has 4 aliphatic carbocycles. The largest absolute Gasteiger partial charge is 0.351 e. The minimum atomic E-state index is -0.00853. The Morgan fingerprint density at radius 2 is 1.85 bits per heavy atom. The summed E-state index contributed by atoms with van der Waals surface area (Å²) in [5, 5.41) is 7.33. The molecule has 33 heavy (non-hydrogen) atoms. The van der Waals surface area contributed by atoms with Gasteiger partial charge < -0.3 is 15.2 Å². The fourth-order valence-electron chi connectivity index (χ4n) is 7.15. The van der Waals surface area contributed by atoms with E-state index in [0.717, 1.165) is 62.5 Å². The van der Waals surface area contributed by atoms with Gasteiger partial charge in [-0.3, -0.25) is 4.79 Å². The van der Waals surface area contributed by atoms with Gasteiger partial charge in [0.25, 0.3) is 5.91 Å². The van der Waals surface area contributed by atoms with Crippen LogP contribution in [0.1, 0.15) is 66.7 Å². The number of aryl methyl sites for hydroxylation is 2. The summed E-state index contributed by atoms with van der Waals surface area (Å²) in [5.41, 5.74) is 2.14. The summed E-state index contributed by atoms with van der Waals surface area (Å²) >= 11 is 6.43. The lowest BCUT2D eigenvalue weighted by Gasteiger charge is -2.56. The average Bonchev–Trinajstić information content (AvgIpc) is 3.19. The normalized spacial score (nSPS) is 27.8. The first kappa shape index (κ1) is 22.9. The van der Waals surface area contributed by atoms with E-state index in [2.05, 4.69) is 20.2 Å². The molecular weight excluding hydrogens is 432 g/mol. The Balaban J connectivity index is 1.09. The predicted molar refractivity (Wildman–Crippen MR) is 132 cm³/mol. The van der Waals surface area contributed by atoms with E-state index in [1.54, 1.807) is 0 Å². The van der Waals surface area contributed by atoms with Crippen LogP contribution in [0.2, 0.25) is 5.02 Å². The van der Waals surface area contributed by atoms with E-state index in [9.17, 15) is 4.79 Å². The Bertz CT molecular complexity index is 949. The number of amides is 1. The van der Waals surface area contributed by atoms with Gasteiger partial charge in [-0.1, -0.05) is 17.7 Å². The molecule has 0 spiro atoms. The van der Waals surface area contributed by atoms with Crippen molar-refractivity contribution in [3.05, 3.63) is 52.6 Å². The molecule has 2 N–H and O–H groups in total. The summed E-state index contributed by atoms with van der Waals surface area (Å²) in [6.45, 7) is 2.68. The lowest BCUT2D eigenvalue weighted by Crippen LogP contribution is -2.51. The number of carbonyl (C=O) groups is 1. The first-order valence-corrected chi connectivity index (χ1v) is 13.1. The Morgan fingerprint density at radius 1 is 1.12 bits per heavy atom. The first-order valence-electron chi connectivity index (χ1n) is 12.7. The van der Waals surface area contributed by atoms with Crippen molar-refractivity contribution in [2.75, 3.05) is 19.6 Å². The Kier molecular flexibility index (Phi) is 6.80. The molecule has 1 heterocycles. The van der Waals surface area contributed by atoms with Gasteiger partial charge >= 0.3 is 0 Å². The van der Waals surface area contributed by atoms with Crippen LogP contribution in [0.4, 0.5) is 0 Å². The lowest BCUT2D eigenvalue weighted by molar-refractivity contribution is -0.0503. The zero-order valence-corrected chi connectivity index (χ0v) is 20.5. The summed E-state index contributed by atoms with van der Waals surface area (Å²) in [5.74, 6) is 3.79. The third-order valence-corrected chi connectivity index (χ3v) is 8.66. The molecule has 2 aromatic rings. The molecule has 0 atom stereocenters. The van der Waals surface area contributed by atoms with Crippen LogP contribution in [-0.2, 0) is 19.9 Å². The van der Waals surface area contributed by atoms with Gasteiger partial charge in [0.05, 0.1) is 10.6 Å². The third kappa shape index (κ3) is 5.30. The first-order chi connectivity index (χ1) is 16.0. The van der Waals surface area contributed by atoms with Crippen molar-refractivity contribution in [1.82, 2.24) is 20.2 Å². The molecule has 4 bridgehead atoms. The molecule has 6 rings (SSSR count). The van der Waals surface area contributed by atoms with Gasteiger partial charge in [0.1, 0.15) is 5.82 Å². The van der Waals surface area contributed by atoms with Crippen molar-refractivity contribution in [3.8, 4) is 0 Å². The van der Waals surface area contributed by atoms with Gasteiger partial charge in [0.2, 0.25) is 0 Å². The highest BCUT2D eigenvalue weighted by molar-refractivity contribution is 6.33. The number of hydrogen-bond acceptors (Lipinski definition) is 3. The fraction of sp³-hybridized carbons (Fsp3) is 0.630. The SMILES string of the molecule is Cn1ccnc1CCNCCCc1ccc(Cl)c(C(=O)NCC23CC4CC(CC(C4)C2)C3)c1.